The molecule has 0 aliphatic heterocycles. The number of carbonyl (C=O) groups excluding carboxylic acids is 2. The summed E-state index contributed by atoms with van der Waals surface area (Å²) in [4.78, 5) is 24.6. The van der Waals surface area contributed by atoms with Gasteiger partial charge in [-0.15, -0.1) is 11.3 Å². The highest BCUT2D eigenvalue weighted by Crippen LogP contribution is 2.27. The summed E-state index contributed by atoms with van der Waals surface area (Å²) in [5.74, 6) is 0.148. The lowest BCUT2D eigenvalue weighted by atomic mass is 10.2. The van der Waals surface area contributed by atoms with Crippen molar-refractivity contribution < 1.29 is 19.1 Å². The minimum atomic E-state index is -0.420. The monoisotopic (exact) mass is 347 g/mol. The van der Waals surface area contributed by atoms with Gasteiger partial charge < -0.3 is 14.8 Å². The molecule has 0 saturated heterocycles. The smallest absolute Gasteiger partial charge is 0.259 e. The summed E-state index contributed by atoms with van der Waals surface area (Å²) < 4.78 is 10.2. The van der Waals surface area contributed by atoms with E-state index in [0.717, 1.165) is 4.88 Å². The van der Waals surface area contributed by atoms with Crippen LogP contribution >= 0.6 is 11.3 Å². The van der Waals surface area contributed by atoms with Crippen LogP contribution in [0.15, 0.2) is 40.8 Å². The van der Waals surface area contributed by atoms with Crippen molar-refractivity contribution in [3.63, 3.8) is 0 Å². The lowest BCUT2D eigenvalue weighted by Gasteiger charge is -2.09. The van der Waals surface area contributed by atoms with E-state index >= 15 is 0 Å². The molecule has 0 saturated carbocycles. The fourth-order valence-corrected chi connectivity index (χ4v) is 2.40. The normalized spacial score (nSPS) is 10.4. The molecule has 126 valence electrons. The van der Waals surface area contributed by atoms with Crippen LogP contribution in [0.2, 0.25) is 0 Å². The van der Waals surface area contributed by atoms with E-state index in [9.17, 15) is 9.59 Å². The number of amides is 2. The summed E-state index contributed by atoms with van der Waals surface area (Å²) in [6.07, 6.45) is 1.54. The molecule has 0 unspecified atom stereocenters. The first-order valence-electron chi connectivity index (χ1n) is 6.99. The first kappa shape index (κ1) is 17.5. The summed E-state index contributed by atoms with van der Waals surface area (Å²) in [7, 11) is 3.00. The van der Waals surface area contributed by atoms with Crippen molar-refractivity contribution in [3.05, 3.63) is 46.2 Å². The molecule has 8 heteroatoms. The quantitative estimate of drug-likeness (QED) is 0.589. The second kappa shape index (κ2) is 8.68. The third-order valence-electron chi connectivity index (χ3n) is 2.98. The molecule has 1 aromatic carbocycles. The molecule has 0 spiro atoms. The van der Waals surface area contributed by atoms with Gasteiger partial charge in [0.05, 0.1) is 27.0 Å². The Morgan fingerprint density at radius 1 is 1.21 bits per heavy atom. The molecule has 0 aliphatic rings. The van der Waals surface area contributed by atoms with Crippen LogP contribution < -0.4 is 20.2 Å². The number of methoxy groups -OCH3 is 2. The zero-order valence-electron chi connectivity index (χ0n) is 13.2. The van der Waals surface area contributed by atoms with Gasteiger partial charge in [-0.2, -0.15) is 5.10 Å². The molecular formula is C16H17N3O4S. The van der Waals surface area contributed by atoms with Crippen LogP contribution in [-0.2, 0) is 4.79 Å². The number of nitrogens with one attached hydrogen (secondary N) is 2. The Kier molecular flexibility index (Phi) is 6.32. The Morgan fingerprint density at radius 3 is 2.67 bits per heavy atom. The van der Waals surface area contributed by atoms with E-state index in [1.807, 2.05) is 17.5 Å². The van der Waals surface area contributed by atoms with E-state index in [0.29, 0.717) is 17.1 Å². The highest BCUT2D eigenvalue weighted by Gasteiger charge is 2.11. The standard InChI is InChI=1S/C16H17N3O4S/c1-22-13-6-5-11(8-14(13)23-2)16(21)17-10-15(20)19-18-9-12-4-3-7-24-12/h3-9H,10H2,1-2H3,(H,17,21)(H,19,20)/b18-9-. The van der Waals surface area contributed by atoms with Crippen LogP contribution in [0.3, 0.4) is 0 Å². The van der Waals surface area contributed by atoms with Gasteiger partial charge in [0.1, 0.15) is 0 Å². The van der Waals surface area contributed by atoms with Gasteiger partial charge in [-0.25, -0.2) is 5.43 Å². The molecule has 2 rings (SSSR count). The van der Waals surface area contributed by atoms with Crippen molar-refractivity contribution in [2.45, 2.75) is 0 Å². The van der Waals surface area contributed by atoms with Crippen LogP contribution in [0.5, 0.6) is 11.5 Å². The molecule has 0 bridgehead atoms. The minimum absolute atomic E-state index is 0.186. The molecule has 0 aliphatic carbocycles. The lowest BCUT2D eigenvalue weighted by molar-refractivity contribution is -0.120. The third-order valence-corrected chi connectivity index (χ3v) is 3.79. The number of rotatable bonds is 7. The molecule has 0 fully saturated rings. The summed E-state index contributed by atoms with van der Waals surface area (Å²) in [6, 6.07) is 8.51. The predicted molar refractivity (Wildman–Crippen MR) is 91.9 cm³/mol. The van der Waals surface area contributed by atoms with E-state index in [4.69, 9.17) is 9.47 Å². The maximum absolute atomic E-state index is 12.1. The second-order valence-electron chi connectivity index (χ2n) is 4.56. The van der Waals surface area contributed by atoms with Gasteiger partial charge in [0, 0.05) is 10.4 Å². The molecule has 1 heterocycles. The van der Waals surface area contributed by atoms with Crippen molar-refractivity contribution in [1.82, 2.24) is 10.7 Å². The lowest BCUT2D eigenvalue weighted by Crippen LogP contribution is -2.34. The Hall–Kier alpha value is -2.87. The number of nitrogens with zero attached hydrogens (tertiary/aromatic N) is 1. The molecule has 7 nitrogen and oxygen atoms in total. The summed E-state index contributed by atoms with van der Waals surface area (Å²) in [5, 5.41) is 8.23. The maximum Gasteiger partial charge on any atom is 0.259 e. The molecule has 2 amide bonds. The van der Waals surface area contributed by atoms with Crippen LogP contribution in [-0.4, -0.2) is 38.8 Å². The topological polar surface area (TPSA) is 89.0 Å². The molecule has 0 atom stereocenters. The molecular weight excluding hydrogens is 330 g/mol. The first-order valence-corrected chi connectivity index (χ1v) is 7.87. The van der Waals surface area contributed by atoms with Crippen molar-refractivity contribution >= 4 is 29.4 Å². The molecule has 2 aromatic rings. The molecule has 24 heavy (non-hydrogen) atoms. The Balaban J connectivity index is 1.85. The van der Waals surface area contributed by atoms with Crippen LogP contribution in [0.25, 0.3) is 0 Å². The molecule has 0 radical (unpaired) electrons. The zero-order valence-corrected chi connectivity index (χ0v) is 14.1. The summed E-state index contributed by atoms with van der Waals surface area (Å²) in [6.45, 7) is -0.186. The van der Waals surface area contributed by atoms with Gasteiger partial charge in [0.25, 0.3) is 11.8 Å². The number of thiophene rings is 1. The first-order chi connectivity index (χ1) is 11.6. The SMILES string of the molecule is COc1ccc(C(=O)NCC(=O)N/N=C\c2cccs2)cc1OC. The van der Waals surface area contributed by atoms with E-state index < -0.39 is 11.8 Å². The van der Waals surface area contributed by atoms with Gasteiger partial charge in [-0.05, 0) is 29.6 Å². The molecule has 1 aromatic heterocycles. The van der Waals surface area contributed by atoms with Crippen LogP contribution in [0.4, 0.5) is 0 Å². The fraction of sp³-hybridized carbons (Fsp3) is 0.188. The van der Waals surface area contributed by atoms with Gasteiger partial charge in [-0.3, -0.25) is 9.59 Å². The Morgan fingerprint density at radius 2 is 2.00 bits per heavy atom. The second-order valence-corrected chi connectivity index (χ2v) is 5.54. The molecule has 2 N–H and O–H groups in total. The van der Waals surface area contributed by atoms with Gasteiger partial charge in [0.15, 0.2) is 11.5 Å². The van der Waals surface area contributed by atoms with Crippen LogP contribution in [0.1, 0.15) is 15.2 Å². The number of hydrogen-bond donors (Lipinski definition) is 2. The Bertz CT molecular complexity index is 729. The van der Waals surface area contributed by atoms with Gasteiger partial charge in [0.2, 0.25) is 0 Å². The number of hydrogen-bond acceptors (Lipinski definition) is 6. The van der Waals surface area contributed by atoms with Crippen LogP contribution in [0, 0.1) is 0 Å². The van der Waals surface area contributed by atoms with Gasteiger partial charge in [-0.1, -0.05) is 6.07 Å². The van der Waals surface area contributed by atoms with Crippen molar-refractivity contribution in [1.29, 1.82) is 0 Å². The number of ether oxygens (including phenoxy) is 2. The zero-order chi connectivity index (χ0) is 17.4. The maximum atomic E-state index is 12.1. The van der Waals surface area contributed by atoms with E-state index in [1.165, 1.54) is 25.6 Å². The highest BCUT2D eigenvalue weighted by molar-refractivity contribution is 7.11. The predicted octanol–water partition coefficient (Wildman–Crippen LogP) is 1.65. The fourth-order valence-electron chi connectivity index (χ4n) is 1.81. The van der Waals surface area contributed by atoms with Crippen molar-refractivity contribution in [2.24, 2.45) is 5.10 Å². The van der Waals surface area contributed by atoms with E-state index in [2.05, 4.69) is 15.8 Å². The summed E-state index contributed by atoms with van der Waals surface area (Å²) in [5.41, 5.74) is 2.71. The summed E-state index contributed by atoms with van der Waals surface area (Å²) >= 11 is 1.50. The largest absolute Gasteiger partial charge is 0.493 e. The number of benzene rings is 1. The van der Waals surface area contributed by atoms with Crippen molar-refractivity contribution in [2.75, 3.05) is 20.8 Å². The number of hydrazone groups is 1. The van der Waals surface area contributed by atoms with E-state index in [1.54, 1.807) is 24.4 Å². The third kappa shape index (κ3) is 4.82. The highest BCUT2D eigenvalue weighted by atomic mass is 32.1. The van der Waals surface area contributed by atoms with E-state index in [-0.39, 0.29) is 6.54 Å². The number of carbonyl (C=O) groups is 2. The minimum Gasteiger partial charge on any atom is -0.493 e. The Labute approximate surface area is 143 Å². The average Bonchev–Trinajstić information content (AvgIpc) is 3.12. The van der Waals surface area contributed by atoms with Crippen molar-refractivity contribution in [3.8, 4) is 11.5 Å². The average molecular weight is 347 g/mol. The van der Waals surface area contributed by atoms with Gasteiger partial charge >= 0.3 is 0 Å².